The summed E-state index contributed by atoms with van der Waals surface area (Å²) in [4.78, 5) is 28.7. The molecule has 156 valence electrons. The average Bonchev–Trinajstić information content (AvgIpc) is 2.73. The van der Waals surface area contributed by atoms with E-state index in [0.29, 0.717) is 28.4 Å². The highest BCUT2D eigenvalue weighted by Gasteiger charge is 2.24. The van der Waals surface area contributed by atoms with Crippen LogP contribution in [0.15, 0.2) is 42.5 Å². The van der Waals surface area contributed by atoms with Gasteiger partial charge in [-0.3, -0.25) is 9.59 Å². The molecule has 0 spiro atoms. The minimum absolute atomic E-state index is 0.0437. The van der Waals surface area contributed by atoms with Crippen LogP contribution in [0.3, 0.4) is 0 Å². The summed E-state index contributed by atoms with van der Waals surface area (Å²) in [6, 6.07) is 11.9. The second kappa shape index (κ2) is 9.21. The Morgan fingerprint density at radius 2 is 1.80 bits per heavy atom. The minimum atomic E-state index is -0.499. The summed E-state index contributed by atoms with van der Waals surface area (Å²) in [5.74, 6) is 0.221. The minimum Gasteiger partial charge on any atom is -0.618 e. The van der Waals surface area contributed by atoms with E-state index in [2.05, 4.69) is 4.98 Å². The van der Waals surface area contributed by atoms with Crippen molar-refractivity contribution in [1.82, 2.24) is 4.98 Å². The van der Waals surface area contributed by atoms with Gasteiger partial charge in [-0.1, -0.05) is 12.1 Å². The Kier molecular flexibility index (Phi) is 6.46. The third-order valence-corrected chi connectivity index (χ3v) is 4.42. The zero-order valence-electron chi connectivity index (χ0n) is 17.0. The van der Waals surface area contributed by atoms with Crippen molar-refractivity contribution >= 4 is 22.8 Å². The molecule has 0 aliphatic rings. The van der Waals surface area contributed by atoms with Gasteiger partial charge in [-0.2, -0.15) is 4.73 Å². The predicted molar refractivity (Wildman–Crippen MR) is 108 cm³/mol. The maximum atomic E-state index is 12.8. The van der Waals surface area contributed by atoms with Gasteiger partial charge in [0, 0.05) is 6.92 Å². The van der Waals surface area contributed by atoms with Crippen molar-refractivity contribution in [2.75, 3.05) is 13.7 Å². The van der Waals surface area contributed by atoms with Crippen LogP contribution in [0, 0.1) is 5.21 Å². The van der Waals surface area contributed by atoms with Gasteiger partial charge in [0.1, 0.15) is 23.6 Å². The highest BCUT2D eigenvalue weighted by Crippen LogP contribution is 2.19. The number of fused-ring (bicyclic) bond motifs is 1. The van der Waals surface area contributed by atoms with Gasteiger partial charge in [-0.05, 0) is 36.8 Å². The molecule has 8 heteroatoms. The van der Waals surface area contributed by atoms with E-state index in [4.69, 9.17) is 14.2 Å². The summed E-state index contributed by atoms with van der Waals surface area (Å²) in [6.45, 7) is 3.26. The summed E-state index contributed by atoms with van der Waals surface area (Å²) in [6.07, 6.45) is 0.0437. The fraction of sp³-hybridized carbons (Fsp3) is 0.273. The Bertz CT molecular complexity index is 1080. The number of aromatic nitrogens is 2. The van der Waals surface area contributed by atoms with Crippen molar-refractivity contribution in [2.24, 2.45) is 0 Å². The molecule has 8 nitrogen and oxygen atoms in total. The first kappa shape index (κ1) is 21.0. The zero-order valence-corrected chi connectivity index (χ0v) is 17.0. The molecule has 3 aromatic rings. The van der Waals surface area contributed by atoms with E-state index in [1.165, 1.54) is 13.0 Å². The number of esters is 1. The van der Waals surface area contributed by atoms with Crippen LogP contribution in [0.5, 0.6) is 11.5 Å². The Morgan fingerprint density at radius 1 is 1.10 bits per heavy atom. The van der Waals surface area contributed by atoms with Gasteiger partial charge in [0.2, 0.25) is 11.3 Å². The molecule has 1 heterocycles. The molecule has 1 aromatic heterocycles. The molecule has 0 N–H and O–H groups in total. The number of rotatable bonds is 8. The highest BCUT2D eigenvalue weighted by molar-refractivity contribution is 5.93. The lowest BCUT2D eigenvalue weighted by Gasteiger charge is -2.12. The van der Waals surface area contributed by atoms with Crippen LogP contribution in [0.25, 0.3) is 11.0 Å². The molecule has 0 bridgehead atoms. The molecule has 0 aliphatic carbocycles. The number of hydrogen-bond donors (Lipinski definition) is 0. The highest BCUT2D eigenvalue weighted by atomic mass is 16.5. The van der Waals surface area contributed by atoms with Crippen molar-refractivity contribution in [3.05, 3.63) is 64.6 Å². The van der Waals surface area contributed by atoms with Crippen molar-refractivity contribution in [2.45, 2.75) is 26.9 Å². The molecular weight excluding hydrogens is 388 g/mol. The van der Waals surface area contributed by atoms with E-state index in [0.717, 1.165) is 5.56 Å². The molecule has 0 saturated heterocycles. The molecular formula is C22H22N2O6. The number of ether oxygens (including phenoxy) is 3. The van der Waals surface area contributed by atoms with Crippen molar-refractivity contribution in [3.63, 3.8) is 0 Å². The van der Waals surface area contributed by atoms with Crippen LogP contribution in [0.1, 0.15) is 35.6 Å². The van der Waals surface area contributed by atoms with E-state index in [1.54, 1.807) is 43.5 Å². The first-order chi connectivity index (χ1) is 14.4. The Morgan fingerprint density at radius 3 is 2.43 bits per heavy atom. The van der Waals surface area contributed by atoms with Crippen LogP contribution in [0.4, 0.5) is 0 Å². The summed E-state index contributed by atoms with van der Waals surface area (Å²) >= 11 is 0. The van der Waals surface area contributed by atoms with Gasteiger partial charge in [0.15, 0.2) is 5.69 Å². The Labute approximate surface area is 173 Å². The molecule has 0 aliphatic heterocycles. The Hall–Kier alpha value is -3.68. The van der Waals surface area contributed by atoms with Crippen LogP contribution >= 0.6 is 0 Å². The lowest BCUT2D eigenvalue weighted by Crippen LogP contribution is -2.37. The van der Waals surface area contributed by atoms with Crippen molar-refractivity contribution < 1.29 is 28.5 Å². The van der Waals surface area contributed by atoms with E-state index in [-0.39, 0.29) is 29.9 Å². The lowest BCUT2D eigenvalue weighted by atomic mass is 10.1. The molecule has 0 unspecified atom stereocenters. The molecule has 30 heavy (non-hydrogen) atoms. The number of carbonyl (C=O) groups is 2. The molecule has 0 amide bonds. The molecule has 0 fully saturated rings. The van der Waals surface area contributed by atoms with Gasteiger partial charge in [0.25, 0.3) is 5.69 Å². The van der Waals surface area contributed by atoms with Crippen LogP contribution in [-0.2, 0) is 22.6 Å². The smallest absolute Gasteiger partial charge is 0.310 e. The molecule has 0 radical (unpaired) electrons. The molecule has 0 atom stereocenters. The summed E-state index contributed by atoms with van der Waals surface area (Å²) in [7, 11) is 1.56. The summed E-state index contributed by atoms with van der Waals surface area (Å²) in [5.41, 5.74) is 1.28. The third kappa shape index (κ3) is 4.65. The summed E-state index contributed by atoms with van der Waals surface area (Å²) in [5, 5.41) is 12.8. The van der Waals surface area contributed by atoms with Gasteiger partial charge < -0.3 is 19.4 Å². The number of carbonyl (C=O) groups excluding carboxylic acids is 2. The maximum Gasteiger partial charge on any atom is 0.310 e. The second-order valence-corrected chi connectivity index (χ2v) is 6.53. The molecule has 0 saturated carbocycles. The number of benzene rings is 2. The summed E-state index contributed by atoms with van der Waals surface area (Å²) < 4.78 is 16.3. The number of hydrogen-bond acceptors (Lipinski definition) is 7. The van der Waals surface area contributed by atoms with E-state index in [1.807, 2.05) is 6.92 Å². The van der Waals surface area contributed by atoms with E-state index < -0.39 is 11.8 Å². The van der Waals surface area contributed by atoms with Gasteiger partial charge >= 0.3 is 5.97 Å². The van der Waals surface area contributed by atoms with Crippen LogP contribution < -0.4 is 14.2 Å². The monoisotopic (exact) mass is 410 g/mol. The first-order valence-corrected chi connectivity index (χ1v) is 9.41. The topological polar surface area (TPSA) is 102 Å². The average molecular weight is 410 g/mol. The zero-order chi connectivity index (χ0) is 21.7. The number of ketones is 1. The number of methoxy groups -OCH3 is 1. The normalized spacial score (nSPS) is 10.6. The fourth-order valence-corrected chi connectivity index (χ4v) is 3.01. The predicted octanol–water partition coefficient (Wildman–Crippen LogP) is 2.76. The van der Waals surface area contributed by atoms with E-state index in [9.17, 15) is 14.8 Å². The van der Waals surface area contributed by atoms with Gasteiger partial charge in [-0.25, -0.2) is 4.98 Å². The number of Topliss-reactive ketones (excluding diaryl/α,β-unsaturated/α-hetero) is 1. The van der Waals surface area contributed by atoms with Crippen molar-refractivity contribution in [1.29, 1.82) is 0 Å². The largest absolute Gasteiger partial charge is 0.618 e. The van der Waals surface area contributed by atoms with Crippen molar-refractivity contribution in [3.8, 4) is 11.5 Å². The third-order valence-electron chi connectivity index (χ3n) is 4.42. The quantitative estimate of drug-likeness (QED) is 0.243. The molecule has 2 aromatic carbocycles. The standard InChI is InChI=1S/C22H22N2O6/c1-4-29-17-9-10-18-20(12-17)24(27)22(14(2)25)19(23-18)13-30-21(26)11-15-5-7-16(28-3)8-6-15/h5-10,12H,4,11,13H2,1-3H3. The maximum absolute atomic E-state index is 12.8. The van der Waals surface area contributed by atoms with Crippen LogP contribution in [-0.4, -0.2) is 30.5 Å². The SMILES string of the molecule is CCOc1ccc2nc(COC(=O)Cc3ccc(OC)cc3)c(C(C)=O)[n+]([O-])c2c1. The van der Waals surface area contributed by atoms with Crippen LogP contribution in [0.2, 0.25) is 0 Å². The van der Waals surface area contributed by atoms with Gasteiger partial charge in [-0.15, -0.1) is 0 Å². The van der Waals surface area contributed by atoms with E-state index >= 15 is 0 Å². The van der Waals surface area contributed by atoms with Gasteiger partial charge in [0.05, 0.1) is 26.2 Å². The number of nitrogens with zero attached hydrogens (tertiary/aromatic N) is 2. The first-order valence-electron chi connectivity index (χ1n) is 9.41. The molecule has 3 rings (SSSR count). The Balaban J connectivity index is 1.81. The lowest BCUT2D eigenvalue weighted by molar-refractivity contribution is -0.580. The second-order valence-electron chi connectivity index (χ2n) is 6.53. The fourth-order valence-electron chi connectivity index (χ4n) is 3.01.